The smallest absolute Gasteiger partial charge is 0.246 e. The average molecular weight is 524 g/mol. The molecule has 1 amide bonds. The molecular formula is C30H30FN7O. The van der Waals surface area contributed by atoms with Crippen molar-refractivity contribution in [3.8, 4) is 11.3 Å². The highest BCUT2D eigenvalue weighted by Crippen LogP contribution is 2.46. The van der Waals surface area contributed by atoms with E-state index in [1.54, 1.807) is 4.90 Å². The molecule has 39 heavy (non-hydrogen) atoms. The molecule has 1 aromatic heterocycles. The molecule has 1 N–H and O–H groups in total. The van der Waals surface area contributed by atoms with Crippen molar-refractivity contribution < 1.29 is 9.18 Å². The minimum Gasteiger partial charge on any atom is -0.363 e. The first-order valence-corrected chi connectivity index (χ1v) is 13.5. The first-order chi connectivity index (χ1) is 18.9. The van der Waals surface area contributed by atoms with Crippen molar-refractivity contribution in [2.45, 2.75) is 51.0 Å². The van der Waals surface area contributed by atoms with Crippen LogP contribution in [0.15, 0.2) is 83.0 Å². The molecule has 4 aliphatic rings. The molecule has 9 heteroatoms. The molecule has 7 rings (SSSR count). The van der Waals surface area contributed by atoms with Crippen LogP contribution < -0.4 is 5.32 Å². The van der Waals surface area contributed by atoms with Crippen LogP contribution in [0.2, 0.25) is 0 Å². The number of amides is 1. The van der Waals surface area contributed by atoms with Crippen molar-refractivity contribution >= 4 is 23.4 Å². The molecular weight excluding hydrogens is 493 g/mol. The maximum Gasteiger partial charge on any atom is 0.246 e. The van der Waals surface area contributed by atoms with Crippen LogP contribution in [-0.2, 0) is 11.3 Å². The molecule has 4 atom stereocenters. The Hall–Kier alpha value is -4.27. The summed E-state index contributed by atoms with van der Waals surface area (Å²) in [6.07, 6.45) is 4.28. The molecule has 1 saturated heterocycles. The Kier molecular flexibility index (Phi) is 5.43. The Balaban J connectivity index is 1.26. The Labute approximate surface area is 226 Å². The number of hydrazone groups is 1. The number of hydrogen-bond donors (Lipinski definition) is 1. The minimum atomic E-state index is -0.910. The van der Waals surface area contributed by atoms with Crippen LogP contribution in [0.1, 0.15) is 31.7 Å². The summed E-state index contributed by atoms with van der Waals surface area (Å²) in [6, 6.07) is 21.1. The van der Waals surface area contributed by atoms with Crippen molar-refractivity contribution in [2.75, 3.05) is 12.4 Å². The van der Waals surface area contributed by atoms with Crippen LogP contribution >= 0.6 is 0 Å². The van der Waals surface area contributed by atoms with E-state index in [0.29, 0.717) is 12.2 Å². The lowest BCUT2D eigenvalue weighted by molar-refractivity contribution is -0.136. The molecule has 198 valence electrons. The van der Waals surface area contributed by atoms with Gasteiger partial charge < -0.3 is 5.32 Å². The number of nitrogens with zero attached hydrogens (tertiary/aromatic N) is 6. The van der Waals surface area contributed by atoms with Crippen molar-refractivity contribution in [3.63, 3.8) is 0 Å². The Bertz CT molecular complexity index is 1490. The van der Waals surface area contributed by atoms with Crippen LogP contribution in [0.3, 0.4) is 0 Å². The molecule has 3 aromatic rings. The molecule has 0 spiro atoms. The third kappa shape index (κ3) is 3.71. The lowest BCUT2D eigenvalue weighted by Crippen LogP contribution is -2.67. The topological polar surface area (TPSA) is 76.4 Å². The Morgan fingerprint density at radius 1 is 1.08 bits per heavy atom. The SMILES string of the molecule is CN1C(=O)C2(C)C(=NN(Cc3ccc(-c4cc(F)ccn4)cc3)C2Nc2ccccc2)N2C1=N[C@@H]1CCC[C@@H]12. The summed E-state index contributed by atoms with van der Waals surface area (Å²) in [7, 11) is 1.83. The number of fused-ring (bicyclic) bond motifs is 5. The molecule has 2 aromatic carbocycles. The first-order valence-electron chi connectivity index (χ1n) is 13.5. The van der Waals surface area contributed by atoms with Crippen LogP contribution in [0, 0.1) is 11.2 Å². The fourth-order valence-corrected chi connectivity index (χ4v) is 6.45. The number of aromatic nitrogens is 1. The van der Waals surface area contributed by atoms with E-state index in [1.165, 1.54) is 18.3 Å². The molecule has 2 unspecified atom stereocenters. The summed E-state index contributed by atoms with van der Waals surface area (Å²) in [5.41, 5.74) is 2.47. The predicted octanol–water partition coefficient (Wildman–Crippen LogP) is 4.53. The maximum absolute atomic E-state index is 14.1. The number of nitrogens with one attached hydrogen (secondary N) is 1. The molecule has 3 aliphatic heterocycles. The van der Waals surface area contributed by atoms with Gasteiger partial charge in [0, 0.05) is 30.6 Å². The van der Waals surface area contributed by atoms with Crippen molar-refractivity contribution in [1.82, 2.24) is 19.8 Å². The molecule has 8 nitrogen and oxygen atoms in total. The minimum absolute atomic E-state index is 0.0142. The zero-order chi connectivity index (χ0) is 26.7. The summed E-state index contributed by atoms with van der Waals surface area (Å²) in [5.74, 6) is 1.16. The zero-order valence-electron chi connectivity index (χ0n) is 22.0. The molecule has 2 fully saturated rings. The summed E-state index contributed by atoms with van der Waals surface area (Å²) >= 11 is 0. The first kappa shape index (κ1) is 23.8. The zero-order valence-corrected chi connectivity index (χ0v) is 22.0. The van der Waals surface area contributed by atoms with E-state index in [9.17, 15) is 9.18 Å². The Morgan fingerprint density at radius 3 is 2.64 bits per heavy atom. The highest BCUT2D eigenvalue weighted by molar-refractivity contribution is 6.23. The van der Waals surface area contributed by atoms with Gasteiger partial charge in [-0.3, -0.25) is 24.6 Å². The van der Waals surface area contributed by atoms with E-state index in [4.69, 9.17) is 10.1 Å². The predicted molar refractivity (Wildman–Crippen MR) is 148 cm³/mol. The normalized spacial score (nSPS) is 27.2. The quantitative estimate of drug-likeness (QED) is 0.532. The second-order valence-electron chi connectivity index (χ2n) is 10.9. The highest BCUT2D eigenvalue weighted by atomic mass is 19.1. The molecule has 1 aliphatic carbocycles. The highest BCUT2D eigenvalue weighted by Gasteiger charge is 2.63. The van der Waals surface area contributed by atoms with E-state index in [-0.39, 0.29) is 23.8 Å². The van der Waals surface area contributed by atoms with Gasteiger partial charge in [0.15, 0.2) is 5.84 Å². The van der Waals surface area contributed by atoms with Gasteiger partial charge in [-0.15, -0.1) is 0 Å². The van der Waals surface area contributed by atoms with Crippen LogP contribution in [0.5, 0.6) is 0 Å². The fraction of sp³-hybridized carbons (Fsp3) is 0.333. The third-order valence-corrected chi connectivity index (χ3v) is 8.48. The number of hydrogen-bond acceptors (Lipinski definition) is 7. The number of para-hydroxylation sites is 1. The number of carbonyl (C=O) groups excluding carboxylic acids is 1. The van der Waals surface area contributed by atoms with Crippen molar-refractivity contribution in [3.05, 3.63) is 84.3 Å². The van der Waals surface area contributed by atoms with Crippen LogP contribution in [0.4, 0.5) is 10.1 Å². The van der Waals surface area contributed by atoms with Crippen LogP contribution in [0.25, 0.3) is 11.3 Å². The number of pyridine rings is 1. The second kappa shape index (κ2) is 8.90. The van der Waals surface area contributed by atoms with Crippen molar-refractivity contribution in [1.29, 1.82) is 0 Å². The monoisotopic (exact) mass is 523 g/mol. The summed E-state index contributed by atoms with van der Waals surface area (Å²) in [4.78, 5) is 27.3. The lowest BCUT2D eigenvalue weighted by atomic mass is 9.81. The van der Waals surface area contributed by atoms with Gasteiger partial charge in [-0.05, 0) is 49.9 Å². The largest absolute Gasteiger partial charge is 0.363 e. The number of rotatable bonds is 5. The number of guanidine groups is 1. The summed E-state index contributed by atoms with van der Waals surface area (Å²) in [5, 5.41) is 10.8. The summed E-state index contributed by atoms with van der Waals surface area (Å²) in [6.45, 7) is 2.49. The number of halogens is 1. The standard InChI is InChI=1S/C30H30FN7O/c1-30-26(33-22-7-4-3-5-8-22)37(18-19-11-13-20(14-12-19)24-17-21(31)15-16-32-24)35-27(30)38-25-10-6-9-23(25)34-29(38)36(2)28(30)39/h3-5,7-8,11-17,23,25-26,33H,6,9-10,18H2,1-2H3/t23-,25+,26?,30?/m1/s1. The fourth-order valence-electron chi connectivity index (χ4n) is 6.45. The number of anilines is 1. The molecule has 1 saturated carbocycles. The van der Waals surface area contributed by atoms with Crippen molar-refractivity contribution in [2.24, 2.45) is 15.5 Å². The molecule has 0 bridgehead atoms. The van der Waals surface area contributed by atoms with Gasteiger partial charge in [0.25, 0.3) is 0 Å². The van der Waals surface area contributed by atoms with E-state index in [0.717, 1.165) is 47.9 Å². The number of amidine groups is 1. The number of benzene rings is 2. The van der Waals surface area contributed by atoms with E-state index in [2.05, 4.69) is 15.2 Å². The average Bonchev–Trinajstić information content (AvgIpc) is 3.62. The van der Waals surface area contributed by atoms with Gasteiger partial charge in [0.05, 0.1) is 24.3 Å². The third-order valence-electron chi connectivity index (χ3n) is 8.48. The van der Waals surface area contributed by atoms with Gasteiger partial charge in [-0.2, -0.15) is 5.10 Å². The Morgan fingerprint density at radius 2 is 1.87 bits per heavy atom. The van der Waals surface area contributed by atoms with Gasteiger partial charge in [-0.1, -0.05) is 42.5 Å². The molecule has 4 heterocycles. The van der Waals surface area contributed by atoms with E-state index < -0.39 is 11.6 Å². The summed E-state index contributed by atoms with van der Waals surface area (Å²) < 4.78 is 13.7. The van der Waals surface area contributed by atoms with Gasteiger partial charge >= 0.3 is 0 Å². The maximum atomic E-state index is 14.1. The van der Waals surface area contributed by atoms with Gasteiger partial charge in [-0.25, -0.2) is 9.38 Å². The molecule has 0 radical (unpaired) electrons. The van der Waals surface area contributed by atoms with Crippen LogP contribution in [-0.4, -0.2) is 62.8 Å². The number of aliphatic imine (C=N–C) groups is 1. The van der Waals surface area contributed by atoms with Gasteiger partial charge in [0.2, 0.25) is 11.9 Å². The second-order valence-corrected chi connectivity index (χ2v) is 10.9. The van der Waals surface area contributed by atoms with Gasteiger partial charge in [0.1, 0.15) is 17.4 Å². The number of carbonyl (C=O) groups is 1. The lowest BCUT2D eigenvalue weighted by Gasteiger charge is -2.45. The van der Waals surface area contributed by atoms with E-state index in [1.807, 2.05) is 73.6 Å². The van der Waals surface area contributed by atoms with E-state index >= 15 is 0 Å².